The molecule has 1 aliphatic rings. The van der Waals surface area contributed by atoms with Crippen LogP contribution < -0.4 is 10.6 Å². The maximum Gasteiger partial charge on any atom is 0.237 e. The summed E-state index contributed by atoms with van der Waals surface area (Å²) in [6.07, 6.45) is 4.36. The van der Waals surface area contributed by atoms with E-state index in [2.05, 4.69) is 10.6 Å². The van der Waals surface area contributed by atoms with Crippen LogP contribution in [0.5, 0.6) is 0 Å². The standard InChI is InChI=1S/C15H20F2N2O/c1-10(15(20)19-13-4-2-3-5-13)18-9-11-8-12(16)6-7-14(11)17/h6-8,10,13,18H,2-5,9H2,1H3,(H,19,20). The second-order valence-corrected chi connectivity index (χ2v) is 5.33. The van der Waals surface area contributed by atoms with Gasteiger partial charge >= 0.3 is 0 Å². The highest BCUT2D eigenvalue weighted by molar-refractivity contribution is 5.81. The van der Waals surface area contributed by atoms with Gasteiger partial charge in [0.25, 0.3) is 0 Å². The smallest absolute Gasteiger partial charge is 0.237 e. The van der Waals surface area contributed by atoms with Crippen molar-refractivity contribution in [3.63, 3.8) is 0 Å². The number of hydrogen-bond donors (Lipinski definition) is 2. The Hall–Kier alpha value is -1.49. The molecule has 0 radical (unpaired) electrons. The second kappa shape index (κ2) is 6.79. The Kier molecular flexibility index (Phi) is 5.06. The van der Waals surface area contributed by atoms with Crippen molar-refractivity contribution in [3.8, 4) is 0 Å². The van der Waals surface area contributed by atoms with Gasteiger partial charge in [0.15, 0.2) is 0 Å². The molecular formula is C15H20F2N2O. The third-order valence-corrected chi connectivity index (χ3v) is 3.70. The minimum atomic E-state index is -0.480. The third kappa shape index (κ3) is 4.00. The van der Waals surface area contributed by atoms with E-state index in [4.69, 9.17) is 0 Å². The van der Waals surface area contributed by atoms with Crippen LogP contribution in [0, 0.1) is 11.6 Å². The zero-order valence-corrected chi connectivity index (χ0v) is 11.6. The number of nitrogens with one attached hydrogen (secondary N) is 2. The molecule has 5 heteroatoms. The van der Waals surface area contributed by atoms with Crippen LogP contribution in [0.1, 0.15) is 38.2 Å². The molecule has 1 atom stereocenters. The molecule has 2 N–H and O–H groups in total. The van der Waals surface area contributed by atoms with Crippen LogP contribution in [-0.4, -0.2) is 18.0 Å². The van der Waals surface area contributed by atoms with Crippen LogP contribution in [0.2, 0.25) is 0 Å². The maximum atomic E-state index is 13.4. The fourth-order valence-electron chi connectivity index (χ4n) is 2.43. The van der Waals surface area contributed by atoms with Gasteiger partial charge in [0.05, 0.1) is 6.04 Å². The Bertz CT molecular complexity index is 473. The average molecular weight is 282 g/mol. The maximum absolute atomic E-state index is 13.4. The number of benzene rings is 1. The highest BCUT2D eigenvalue weighted by Crippen LogP contribution is 2.17. The minimum absolute atomic E-state index is 0.0892. The zero-order valence-electron chi connectivity index (χ0n) is 11.6. The van der Waals surface area contributed by atoms with Gasteiger partial charge in [0, 0.05) is 18.2 Å². The molecule has 1 fully saturated rings. The lowest BCUT2D eigenvalue weighted by atomic mass is 10.2. The van der Waals surface area contributed by atoms with E-state index >= 15 is 0 Å². The number of halogens is 2. The first-order chi connectivity index (χ1) is 9.56. The Morgan fingerprint density at radius 1 is 1.35 bits per heavy atom. The molecule has 0 spiro atoms. The lowest BCUT2D eigenvalue weighted by Crippen LogP contribution is -2.45. The van der Waals surface area contributed by atoms with Gasteiger partial charge in [-0.2, -0.15) is 0 Å². The fourth-order valence-corrected chi connectivity index (χ4v) is 2.43. The second-order valence-electron chi connectivity index (χ2n) is 5.33. The topological polar surface area (TPSA) is 41.1 Å². The molecule has 0 aliphatic heterocycles. The van der Waals surface area contributed by atoms with Crippen molar-refractivity contribution in [1.82, 2.24) is 10.6 Å². The number of hydrogen-bond acceptors (Lipinski definition) is 2. The molecule has 0 heterocycles. The van der Waals surface area contributed by atoms with Gasteiger partial charge in [-0.1, -0.05) is 12.8 Å². The molecule has 1 aliphatic carbocycles. The van der Waals surface area contributed by atoms with Gasteiger partial charge in [-0.05, 0) is 38.0 Å². The summed E-state index contributed by atoms with van der Waals surface area (Å²) in [5.41, 5.74) is 0.227. The molecule has 0 aromatic heterocycles. The monoisotopic (exact) mass is 282 g/mol. The summed E-state index contributed by atoms with van der Waals surface area (Å²) in [7, 11) is 0. The van der Waals surface area contributed by atoms with Crippen LogP contribution >= 0.6 is 0 Å². The molecule has 1 amide bonds. The van der Waals surface area contributed by atoms with Crippen molar-refractivity contribution in [2.75, 3.05) is 0 Å². The van der Waals surface area contributed by atoms with E-state index in [1.165, 1.54) is 0 Å². The Morgan fingerprint density at radius 2 is 2.05 bits per heavy atom. The van der Waals surface area contributed by atoms with Crippen molar-refractivity contribution in [2.24, 2.45) is 0 Å². The Labute approximate surface area is 117 Å². The van der Waals surface area contributed by atoms with E-state index in [1.807, 2.05) is 0 Å². The molecule has 1 aromatic rings. The summed E-state index contributed by atoms with van der Waals surface area (Å²) in [5, 5.41) is 5.89. The lowest BCUT2D eigenvalue weighted by Gasteiger charge is -2.18. The number of rotatable bonds is 5. The molecule has 110 valence electrons. The van der Waals surface area contributed by atoms with E-state index in [9.17, 15) is 13.6 Å². The van der Waals surface area contributed by atoms with Crippen LogP contribution in [0.4, 0.5) is 8.78 Å². The van der Waals surface area contributed by atoms with Gasteiger partial charge in [-0.25, -0.2) is 8.78 Å². The van der Waals surface area contributed by atoms with Gasteiger partial charge in [0.1, 0.15) is 11.6 Å². The third-order valence-electron chi connectivity index (χ3n) is 3.70. The number of amides is 1. The van der Waals surface area contributed by atoms with E-state index < -0.39 is 17.7 Å². The predicted molar refractivity (Wildman–Crippen MR) is 73.1 cm³/mol. The van der Waals surface area contributed by atoms with Crippen LogP contribution in [0.15, 0.2) is 18.2 Å². The van der Waals surface area contributed by atoms with Crippen LogP contribution in [0.25, 0.3) is 0 Å². The molecule has 3 nitrogen and oxygen atoms in total. The largest absolute Gasteiger partial charge is 0.352 e. The summed E-state index contributed by atoms with van der Waals surface area (Å²) in [5.74, 6) is -1.04. The van der Waals surface area contributed by atoms with Crippen molar-refractivity contribution >= 4 is 5.91 Å². The predicted octanol–water partition coefficient (Wildman–Crippen LogP) is 2.50. The Morgan fingerprint density at radius 3 is 2.75 bits per heavy atom. The van der Waals surface area contributed by atoms with Crippen LogP contribution in [-0.2, 0) is 11.3 Å². The summed E-state index contributed by atoms with van der Waals surface area (Å²) in [6, 6.07) is 3.14. The number of carbonyl (C=O) groups is 1. The molecule has 1 saturated carbocycles. The molecule has 1 unspecified atom stereocenters. The highest BCUT2D eigenvalue weighted by atomic mass is 19.1. The summed E-state index contributed by atoms with van der Waals surface area (Å²) in [6.45, 7) is 1.85. The van der Waals surface area contributed by atoms with Crippen molar-refractivity contribution in [1.29, 1.82) is 0 Å². The zero-order chi connectivity index (χ0) is 14.5. The first-order valence-electron chi connectivity index (χ1n) is 7.04. The lowest BCUT2D eigenvalue weighted by molar-refractivity contribution is -0.123. The van der Waals surface area contributed by atoms with Crippen molar-refractivity contribution < 1.29 is 13.6 Å². The Balaban J connectivity index is 1.83. The van der Waals surface area contributed by atoms with Gasteiger partial charge in [-0.3, -0.25) is 4.79 Å². The quantitative estimate of drug-likeness (QED) is 0.871. The van der Waals surface area contributed by atoms with E-state index in [-0.39, 0.29) is 24.1 Å². The van der Waals surface area contributed by atoms with Crippen molar-refractivity contribution in [2.45, 2.75) is 51.2 Å². The molecule has 20 heavy (non-hydrogen) atoms. The van der Waals surface area contributed by atoms with E-state index in [0.717, 1.165) is 43.9 Å². The van der Waals surface area contributed by atoms with Gasteiger partial charge in [0.2, 0.25) is 5.91 Å². The summed E-state index contributed by atoms with van der Waals surface area (Å²) in [4.78, 5) is 11.9. The number of carbonyl (C=O) groups excluding carboxylic acids is 1. The van der Waals surface area contributed by atoms with Crippen molar-refractivity contribution in [3.05, 3.63) is 35.4 Å². The molecule has 0 saturated heterocycles. The van der Waals surface area contributed by atoms with Gasteiger partial charge < -0.3 is 10.6 Å². The summed E-state index contributed by atoms with van der Waals surface area (Å²) >= 11 is 0. The molecule has 0 bridgehead atoms. The normalized spacial score (nSPS) is 17.1. The molecular weight excluding hydrogens is 262 g/mol. The SMILES string of the molecule is CC(NCc1cc(F)ccc1F)C(=O)NC1CCCC1. The van der Waals surface area contributed by atoms with E-state index in [1.54, 1.807) is 6.92 Å². The van der Waals surface area contributed by atoms with Gasteiger partial charge in [-0.15, -0.1) is 0 Å². The first-order valence-corrected chi connectivity index (χ1v) is 7.04. The highest BCUT2D eigenvalue weighted by Gasteiger charge is 2.20. The first kappa shape index (κ1) is 14.9. The fraction of sp³-hybridized carbons (Fsp3) is 0.533. The molecule has 2 rings (SSSR count). The average Bonchev–Trinajstić information content (AvgIpc) is 2.92. The molecule has 1 aromatic carbocycles. The van der Waals surface area contributed by atoms with Crippen LogP contribution in [0.3, 0.4) is 0 Å². The van der Waals surface area contributed by atoms with E-state index in [0.29, 0.717) is 0 Å². The minimum Gasteiger partial charge on any atom is -0.352 e. The summed E-state index contributed by atoms with van der Waals surface area (Å²) < 4.78 is 26.5.